The molecule has 1 N–H and O–H groups in total. The quantitative estimate of drug-likeness (QED) is 0.760. The number of nitrogens with one attached hydrogen (secondary N) is 1. The lowest BCUT2D eigenvalue weighted by Crippen LogP contribution is -2.39. The van der Waals surface area contributed by atoms with Crippen molar-refractivity contribution < 1.29 is 14.3 Å². The number of fused-ring (bicyclic) bond motifs is 2. The molecule has 0 aliphatic carbocycles. The summed E-state index contributed by atoms with van der Waals surface area (Å²) in [5, 5.41) is 5.30. The van der Waals surface area contributed by atoms with Gasteiger partial charge in [0, 0.05) is 24.5 Å². The fraction of sp³-hybridized carbons (Fsp3) is 0.227. The Bertz CT molecular complexity index is 986. The van der Waals surface area contributed by atoms with Crippen LogP contribution < -0.4 is 19.7 Å². The Morgan fingerprint density at radius 2 is 1.70 bits per heavy atom. The van der Waals surface area contributed by atoms with Gasteiger partial charge in [-0.05, 0) is 42.0 Å². The summed E-state index contributed by atoms with van der Waals surface area (Å²) in [6, 6.07) is 19.5. The van der Waals surface area contributed by atoms with Crippen molar-refractivity contribution in [2.24, 2.45) is 0 Å². The molecular weight excluding hydrogens is 340 g/mol. The van der Waals surface area contributed by atoms with Crippen molar-refractivity contribution in [1.29, 1.82) is 0 Å². The Kier molecular flexibility index (Phi) is 4.59. The second-order valence-electron chi connectivity index (χ2n) is 6.67. The molecule has 27 heavy (non-hydrogen) atoms. The van der Waals surface area contributed by atoms with Crippen molar-refractivity contribution in [2.45, 2.75) is 13.0 Å². The van der Waals surface area contributed by atoms with E-state index in [1.165, 1.54) is 5.39 Å². The van der Waals surface area contributed by atoms with Gasteiger partial charge in [0.2, 0.25) is 5.91 Å². The van der Waals surface area contributed by atoms with Gasteiger partial charge in [-0.25, -0.2) is 0 Å². The highest BCUT2D eigenvalue weighted by molar-refractivity contribution is 5.97. The normalized spacial score (nSPS) is 13.9. The van der Waals surface area contributed by atoms with E-state index in [0.717, 1.165) is 11.1 Å². The number of nitrogens with zero attached hydrogens (tertiary/aromatic N) is 1. The number of hydrogen-bond acceptors (Lipinski definition) is 4. The van der Waals surface area contributed by atoms with Crippen LogP contribution in [0.3, 0.4) is 0 Å². The smallest absolute Gasteiger partial charge is 0.246 e. The molecule has 5 nitrogen and oxygen atoms in total. The van der Waals surface area contributed by atoms with Crippen LogP contribution in [0.4, 0.5) is 11.4 Å². The molecule has 0 bridgehead atoms. The Morgan fingerprint density at radius 3 is 2.52 bits per heavy atom. The maximum atomic E-state index is 12.7. The zero-order valence-electron chi connectivity index (χ0n) is 15.4. The van der Waals surface area contributed by atoms with E-state index in [0.29, 0.717) is 30.4 Å². The topological polar surface area (TPSA) is 50.8 Å². The average Bonchev–Trinajstić information content (AvgIpc) is 2.72. The van der Waals surface area contributed by atoms with Crippen molar-refractivity contribution >= 4 is 28.1 Å². The molecule has 3 aromatic rings. The number of likely N-dealkylation sites (N-methyl/N-ethyl adjacent to an activating group) is 1. The van der Waals surface area contributed by atoms with Crippen LogP contribution in [0.15, 0.2) is 60.7 Å². The number of rotatable bonds is 4. The molecule has 1 aliphatic heterocycles. The fourth-order valence-corrected chi connectivity index (χ4v) is 3.16. The molecule has 1 heterocycles. The van der Waals surface area contributed by atoms with Crippen LogP contribution in [0.25, 0.3) is 10.8 Å². The molecule has 0 unspecified atom stereocenters. The van der Waals surface area contributed by atoms with Crippen LogP contribution in [0, 0.1) is 0 Å². The van der Waals surface area contributed by atoms with Gasteiger partial charge in [-0.1, -0.05) is 30.3 Å². The third-order valence-electron chi connectivity index (χ3n) is 4.91. The largest absolute Gasteiger partial charge is 0.486 e. The highest BCUT2D eigenvalue weighted by atomic mass is 16.6. The number of benzene rings is 3. The third-order valence-corrected chi connectivity index (χ3v) is 4.91. The van der Waals surface area contributed by atoms with Gasteiger partial charge in [-0.2, -0.15) is 0 Å². The summed E-state index contributed by atoms with van der Waals surface area (Å²) in [5.74, 6) is 1.29. The Balaban J connectivity index is 1.49. The molecule has 4 rings (SSSR count). The van der Waals surface area contributed by atoms with Gasteiger partial charge in [0.05, 0.1) is 0 Å². The molecule has 5 heteroatoms. The second kappa shape index (κ2) is 7.19. The average molecular weight is 362 g/mol. The second-order valence-corrected chi connectivity index (χ2v) is 6.67. The lowest BCUT2D eigenvalue weighted by Gasteiger charge is -2.26. The number of ether oxygens (including phenoxy) is 2. The van der Waals surface area contributed by atoms with Crippen molar-refractivity contribution in [3.8, 4) is 11.5 Å². The molecule has 1 atom stereocenters. The molecule has 3 aromatic carbocycles. The molecule has 0 saturated heterocycles. The summed E-state index contributed by atoms with van der Waals surface area (Å²) in [7, 11) is 1.93. The summed E-state index contributed by atoms with van der Waals surface area (Å²) in [4.78, 5) is 14.7. The zero-order valence-corrected chi connectivity index (χ0v) is 15.4. The number of anilines is 2. The van der Waals surface area contributed by atoms with Gasteiger partial charge in [-0.3, -0.25) is 4.79 Å². The van der Waals surface area contributed by atoms with Gasteiger partial charge >= 0.3 is 0 Å². The van der Waals surface area contributed by atoms with E-state index in [2.05, 4.69) is 29.6 Å². The van der Waals surface area contributed by atoms with Gasteiger partial charge in [-0.15, -0.1) is 0 Å². The lowest BCUT2D eigenvalue weighted by molar-refractivity contribution is -0.117. The number of hydrogen-bond donors (Lipinski definition) is 1. The molecule has 0 aromatic heterocycles. The van der Waals surface area contributed by atoms with Crippen LogP contribution in [0.5, 0.6) is 11.5 Å². The minimum absolute atomic E-state index is 0.0812. The van der Waals surface area contributed by atoms with Crippen molar-refractivity contribution in [3.63, 3.8) is 0 Å². The number of carbonyl (C=O) groups excluding carboxylic acids is 1. The van der Waals surface area contributed by atoms with E-state index < -0.39 is 0 Å². The standard InChI is InChI=1S/C22H22N2O3/c1-15(24(2)19-9-7-16-5-3-4-6-17(16)13-19)22(25)23-18-8-10-20-21(14-18)27-12-11-26-20/h3-10,13-15H,11-12H2,1-2H3,(H,23,25)/t15-/m1/s1. The molecule has 0 radical (unpaired) electrons. The molecule has 1 aliphatic rings. The van der Waals surface area contributed by atoms with Gasteiger partial charge < -0.3 is 19.7 Å². The first-order chi connectivity index (χ1) is 13.1. The summed E-state index contributed by atoms with van der Waals surface area (Å²) >= 11 is 0. The SMILES string of the molecule is C[C@H](C(=O)Nc1ccc2c(c1)OCCO2)N(C)c1ccc2ccccc2c1. The Labute approximate surface area is 158 Å². The number of carbonyl (C=O) groups is 1. The van der Waals surface area contributed by atoms with Crippen molar-refractivity contribution in [3.05, 3.63) is 60.7 Å². The van der Waals surface area contributed by atoms with Crippen LogP contribution >= 0.6 is 0 Å². The molecule has 0 spiro atoms. The van der Waals surface area contributed by atoms with Crippen LogP contribution in [0.1, 0.15) is 6.92 Å². The summed E-state index contributed by atoms with van der Waals surface area (Å²) in [6.07, 6.45) is 0. The predicted octanol–water partition coefficient (Wildman–Crippen LogP) is 4.07. The van der Waals surface area contributed by atoms with E-state index in [1.54, 1.807) is 6.07 Å². The Hall–Kier alpha value is -3.21. The van der Waals surface area contributed by atoms with Crippen molar-refractivity contribution in [2.75, 3.05) is 30.5 Å². The third kappa shape index (κ3) is 3.53. The summed E-state index contributed by atoms with van der Waals surface area (Å²) in [5.41, 5.74) is 1.70. The maximum absolute atomic E-state index is 12.7. The van der Waals surface area contributed by atoms with Gasteiger partial charge in [0.15, 0.2) is 11.5 Å². The number of amides is 1. The molecule has 0 fully saturated rings. The highest BCUT2D eigenvalue weighted by Gasteiger charge is 2.20. The molecule has 1 amide bonds. The first kappa shape index (κ1) is 17.2. The minimum Gasteiger partial charge on any atom is -0.486 e. The van der Waals surface area contributed by atoms with E-state index in [9.17, 15) is 4.79 Å². The first-order valence-electron chi connectivity index (χ1n) is 9.04. The summed E-state index contributed by atoms with van der Waals surface area (Å²) in [6.45, 7) is 2.96. The maximum Gasteiger partial charge on any atom is 0.246 e. The van der Waals surface area contributed by atoms with Gasteiger partial charge in [0.25, 0.3) is 0 Å². The fourth-order valence-electron chi connectivity index (χ4n) is 3.16. The minimum atomic E-state index is -0.334. The van der Waals surface area contributed by atoms with Crippen LogP contribution in [-0.4, -0.2) is 32.2 Å². The zero-order chi connectivity index (χ0) is 18.8. The van der Waals surface area contributed by atoms with Crippen molar-refractivity contribution in [1.82, 2.24) is 0 Å². The van der Waals surface area contributed by atoms with E-state index in [1.807, 2.05) is 49.2 Å². The molecule has 0 saturated carbocycles. The van der Waals surface area contributed by atoms with Crippen LogP contribution in [-0.2, 0) is 4.79 Å². The predicted molar refractivity (Wildman–Crippen MR) is 108 cm³/mol. The monoisotopic (exact) mass is 362 g/mol. The first-order valence-corrected chi connectivity index (χ1v) is 9.04. The van der Waals surface area contributed by atoms with Crippen LogP contribution in [0.2, 0.25) is 0 Å². The van der Waals surface area contributed by atoms with E-state index in [4.69, 9.17) is 9.47 Å². The summed E-state index contributed by atoms with van der Waals surface area (Å²) < 4.78 is 11.1. The molecule has 138 valence electrons. The van der Waals surface area contributed by atoms with E-state index in [-0.39, 0.29) is 11.9 Å². The van der Waals surface area contributed by atoms with E-state index >= 15 is 0 Å². The highest BCUT2D eigenvalue weighted by Crippen LogP contribution is 2.32. The molecular formula is C22H22N2O3. The lowest BCUT2D eigenvalue weighted by atomic mass is 10.1. The van der Waals surface area contributed by atoms with Gasteiger partial charge in [0.1, 0.15) is 19.3 Å². The Morgan fingerprint density at radius 1 is 0.963 bits per heavy atom.